The van der Waals surface area contributed by atoms with Crippen molar-refractivity contribution in [3.05, 3.63) is 70.9 Å². The topological polar surface area (TPSA) is 76.0 Å². The molecule has 0 unspecified atom stereocenters. The van der Waals surface area contributed by atoms with E-state index in [0.717, 1.165) is 23.8 Å². The molecule has 0 spiro atoms. The lowest BCUT2D eigenvalue weighted by atomic mass is 9.94. The summed E-state index contributed by atoms with van der Waals surface area (Å²) in [5.41, 5.74) is 1.84. The zero-order chi connectivity index (χ0) is 22.8. The number of likely N-dealkylation sites (tertiary alicyclic amines) is 1. The largest absolute Gasteiger partial charge is 0.494 e. The molecular weight excluding hydrogens is 421 g/mol. The predicted molar refractivity (Wildman–Crippen MR) is 125 cm³/mol. The molecule has 0 saturated carbocycles. The Morgan fingerprint density at radius 2 is 1.91 bits per heavy atom. The van der Waals surface area contributed by atoms with Crippen molar-refractivity contribution in [2.45, 2.75) is 19.3 Å². The van der Waals surface area contributed by atoms with E-state index in [9.17, 15) is 9.18 Å². The quantitative estimate of drug-likeness (QED) is 0.483. The number of ether oxygens (including phenoxy) is 1. The number of hydrogen-bond acceptors (Lipinski definition) is 5. The highest BCUT2D eigenvalue weighted by molar-refractivity contribution is 5.82. The molecule has 7 nitrogen and oxygen atoms in total. The minimum absolute atomic E-state index is 0.297. The summed E-state index contributed by atoms with van der Waals surface area (Å²) in [4.78, 5) is 17.6. The fraction of sp³-hybridized carbons (Fsp3) is 0.320. The molecule has 170 valence electrons. The van der Waals surface area contributed by atoms with Crippen LogP contribution in [0, 0.1) is 11.7 Å². The number of nitrogens with one attached hydrogen (secondary N) is 1. The molecule has 1 aliphatic rings. The van der Waals surface area contributed by atoms with E-state index in [0.29, 0.717) is 28.8 Å². The summed E-state index contributed by atoms with van der Waals surface area (Å²) < 4.78 is 21.1. The fourth-order valence-electron chi connectivity index (χ4n) is 4.27. The molecule has 8 heteroatoms. The number of rotatable bonds is 6. The Balaban J connectivity index is 1.26. The number of benzene rings is 2. The molecule has 1 saturated heterocycles. The van der Waals surface area contributed by atoms with Crippen LogP contribution in [0.3, 0.4) is 0 Å². The van der Waals surface area contributed by atoms with Crippen LogP contribution in [-0.2, 0) is 0 Å². The van der Waals surface area contributed by atoms with Crippen LogP contribution in [0.1, 0.15) is 19.3 Å². The molecule has 1 aliphatic heterocycles. The highest BCUT2D eigenvalue weighted by Crippen LogP contribution is 2.22. The fourth-order valence-corrected chi connectivity index (χ4v) is 4.27. The lowest BCUT2D eigenvalue weighted by molar-refractivity contribution is 0.187. The summed E-state index contributed by atoms with van der Waals surface area (Å²) in [6.07, 6.45) is 5.24. The summed E-state index contributed by atoms with van der Waals surface area (Å²) in [5, 5.41) is 8.90. The highest BCUT2D eigenvalue weighted by atomic mass is 19.1. The molecule has 1 fully saturated rings. The molecule has 3 heterocycles. The number of halogens is 1. The van der Waals surface area contributed by atoms with Crippen molar-refractivity contribution >= 4 is 10.9 Å². The van der Waals surface area contributed by atoms with Gasteiger partial charge in [-0.15, -0.1) is 5.10 Å². The van der Waals surface area contributed by atoms with Crippen molar-refractivity contribution in [3.63, 3.8) is 0 Å². The van der Waals surface area contributed by atoms with Gasteiger partial charge in [-0.1, -0.05) is 5.21 Å². The van der Waals surface area contributed by atoms with Crippen LogP contribution in [0.5, 0.6) is 5.75 Å². The number of hydrogen-bond donors (Lipinski definition) is 1. The third-order valence-electron chi connectivity index (χ3n) is 6.31. The molecule has 2 aromatic heterocycles. The maximum atomic E-state index is 13.6. The van der Waals surface area contributed by atoms with E-state index in [1.807, 2.05) is 24.3 Å². The molecule has 0 radical (unpaired) electrons. The van der Waals surface area contributed by atoms with Crippen LogP contribution in [0.2, 0.25) is 0 Å². The molecule has 33 heavy (non-hydrogen) atoms. The van der Waals surface area contributed by atoms with Gasteiger partial charge in [0, 0.05) is 10.9 Å². The first-order chi connectivity index (χ1) is 16.0. The number of aromatic amines is 1. The minimum atomic E-state index is -0.363. The summed E-state index contributed by atoms with van der Waals surface area (Å²) in [6, 6.07) is 13.5. The Morgan fingerprint density at radius 3 is 2.70 bits per heavy atom. The zero-order valence-corrected chi connectivity index (χ0v) is 18.5. The van der Waals surface area contributed by atoms with Gasteiger partial charge in [0.05, 0.1) is 24.1 Å². The van der Waals surface area contributed by atoms with Crippen molar-refractivity contribution in [2.75, 3.05) is 26.7 Å². The molecule has 5 rings (SSSR count). The third kappa shape index (κ3) is 4.80. The standard InChI is InChI=1S/C25H26FN5O2/c1-30-11-8-17(9-12-30)10-13-33-21-5-3-20(4-6-21)31-16-24(28-29-31)22-15-18-14-19(26)2-7-23(18)27-25(22)32/h2-7,14-17H,8-13H2,1H3,(H,27,32). The first-order valence-electron chi connectivity index (χ1n) is 11.2. The Morgan fingerprint density at radius 1 is 1.12 bits per heavy atom. The lowest BCUT2D eigenvalue weighted by Crippen LogP contribution is -2.30. The summed E-state index contributed by atoms with van der Waals surface area (Å²) >= 11 is 0. The molecule has 0 atom stereocenters. The molecule has 4 aromatic rings. The monoisotopic (exact) mass is 447 g/mol. The Bertz CT molecular complexity index is 1310. The number of aromatic nitrogens is 4. The van der Waals surface area contributed by atoms with Crippen LogP contribution in [-0.4, -0.2) is 51.6 Å². The van der Waals surface area contributed by atoms with E-state index < -0.39 is 0 Å². The zero-order valence-electron chi connectivity index (χ0n) is 18.5. The minimum Gasteiger partial charge on any atom is -0.494 e. The van der Waals surface area contributed by atoms with Crippen molar-refractivity contribution < 1.29 is 9.13 Å². The van der Waals surface area contributed by atoms with Gasteiger partial charge in [-0.3, -0.25) is 4.79 Å². The van der Waals surface area contributed by atoms with Crippen molar-refractivity contribution in [1.29, 1.82) is 0 Å². The van der Waals surface area contributed by atoms with E-state index in [-0.39, 0.29) is 11.4 Å². The predicted octanol–water partition coefficient (Wildman–Crippen LogP) is 4.03. The van der Waals surface area contributed by atoms with Gasteiger partial charge < -0.3 is 14.6 Å². The third-order valence-corrected chi connectivity index (χ3v) is 6.31. The van der Waals surface area contributed by atoms with Gasteiger partial charge >= 0.3 is 0 Å². The smallest absolute Gasteiger partial charge is 0.258 e. The molecular formula is C25H26FN5O2. The van der Waals surface area contributed by atoms with Crippen LogP contribution < -0.4 is 10.3 Å². The van der Waals surface area contributed by atoms with Crippen LogP contribution in [0.25, 0.3) is 27.8 Å². The Hall–Kier alpha value is -3.52. The van der Waals surface area contributed by atoms with Gasteiger partial charge in [0.15, 0.2) is 0 Å². The lowest BCUT2D eigenvalue weighted by Gasteiger charge is -2.28. The number of nitrogens with zero attached hydrogens (tertiary/aromatic N) is 4. The molecule has 2 aromatic carbocycles. The van der Waals surface area contributed by atoms with Gasteiger partial charge in [-0.05, 0) is 93.8 Å². The normalized spacial score (nSPS) is 15.2. The second-order valence-electron chi connectivity index (χ2n) is 8.67. The summed E-state index contributed by atoms with van der Waals surface area (Å²) in [6.45, 7) is 3.05. The van der Waals surface area contributed by atoms with E-state index in [1.165, 1.54) is 38.1 Å². The van der Waals surface area contributed by atoms with Crippen LogP contribution >= 0.6 is 0 Å². The van der Waals surface area contributed by atoms with Crippen molar-refractivity contribution in [3.8, 4) is 22.7 Å². The average molecular weight is 448 g/mol. The SMILES string of the molecule is CN1CCC(CCOc2ccc(-n3cc(-c4cc5cc(F)ccc5[nH]c4=O)nn3)cc2)CC1. The van der Waals surface area contributed by atoms with E-state index >= 15 is 0 Å². The second-order valence-corrected chi connectivity index (χ2v) is 8.67. The Labute approximate surface area is 190 Å². The molecule has 0 bridgehead atoms. The van der Waals surface area contributed by atoms with Gasteiger partial charge in [-0.25, -0.2) is 9.07 Å². The van der Waals surface area contributed by atoms with Crippen LogP contribution in [0.4, 0.5) is 4.39 Å². The molecule has 0 aliphatic carbocycles. The van der Waals surface area contributed by atoms with Gasteiger partial charge in [0.2, 0.25) is 0 Å². The van der Waals surface area contributed by atoms with Gasteiger partial charge in [0.25, 0.3) is 5.56 Å². The van der Waals surface area contributed by atoms with Crippen LogP contribution in [0.15, 0.2) is 59.5 Å². The first-order valence-corrected chi connectivity index (χ1v) is 11.2. The number of fused-ring (bicyclic) bond motifs is 1. The Kier molecular flexibility index (Phi) is 5.92. The number of piperidine rings is 1. The van der Waals surface area contributed by atoms with E-state index in [4.69, 9.17) is 4.74 Å². The maximum absolute atomic E-state index is 13.6. The van der Waals surface area contributed by atoms with Gasteiger partial charge in [-0.2, -0.15) is 0 Å². The van der Waals surface area contributed by atoms with E-state index in [1.54, 1.807) is 23.0 Å². The molecule has 0 amide bonds. The van der Waals surface area contributed by atoms with E-state index in [2.05, 4.69) is 27.2 Å². The highest BCUT2D eigenvalue weighted by Gasteiger charge is 2.16. The maximum Gasteiger partial charge on any atom is 0.258 e. The van der Waals surface area contributed by atoms with Crippen molar-refractivity contribution in [2.24, 2.45) is 5.92 Å². The number of H-pyrrole nitrogens is 1. The van der Waals surface area contributed by atoms with Gasteiger partial charge in [0.1, 0.15) is 17.3 Å². The second kappa shape index (κ2) is 9.15. The first kappa shape index (κ1) is 21.3. The summed E-state index contributed by atoms with van der Waals surface area (Å²) in [5.74, 6) is 1.20. The number of pyridine rings is 1. The summed E-state index contributed by atoms with van der Waals surface area (Å²) in [7, 11) is 2.17. The average Bonchev–Trinajstić information content (AvgIpc) is 3.31. The molecule has 1 N–H and O–H groups in total. The van der Waals surface area contributed by atoms with Crippen molar-refractivity contribution in [1.82, 2.24) is 24.9 Å².